The largest absolute Gasteiger partial charge is 0.435 e. The van der Waals surface area contributed by atoms with E-state index in [2.05, 4.69) is 10.6 Å². The van der Waals surface area contributed by atoms with Crippen molar-refractivity contribution in [2.24, 2.45) is 5.92 Å². The second-order valence-corrected chi connectivity index (χ2v) is 9.40. The van der Waals surface area contributed by atoms with Crippen LogP contribution in [0.15, 0.2) is 36.4 Å². The Balaban J connectivity index is 2.37. The van der Waals surface area contributed by atoms with E-state index in [1.165, 1.54) is 12.1 Å². The molecule has 0 aromatic heterocycles. The molecular weight excluding hydrogens is 596 g/mol. The van der Waals surface area contributed by atoms with Gasteiger partial charge in [-0.15, -0.1) is 0 Å². The second kappa shape index (κ2) is 10.7. The quantitative estimate of drug-likeness (QED) is 0.262. The molecule has 0 heterocycles. The standard InChI is InChI=1S/C23H22F7IN2O2/c1-12(2)9-10-32-20(35)18-15(5-4-6-16(18)31)19(34)33-17-8-7-14(11-13(17)3)21(24,22(25,26)27)23(28,29)30/h4-8,11-12H,9-10H2,1-3H3,(H,32,35)(H,33,34). The maximum absolute atomic E-state index is 14.3. The summed E-state index contributed by atoms with van der Waals surface area (Å²) in [7, 11) is 0. The number of hydrogen-bond donors (Lipinski definition) is 2. The Morgan fingerprint density at radius 2 is 1.54 bits per heavy atom. The summed E-state index contributed by atoms with van der Waals surface area (Å²) in [5.41, 5.74) is -7.60. The first kappa shape index (κ1) is 28.9. The van der Waals surface area contributed by atoms with Crippen LogP contribution in [0.5, 0.6) is 0 Å². The normalized spacial score (nSPS) is 12.6. The molecule has 2 amide bonds. The number of halogens is 8. The number of benzene rings is 2. The molecule has 0 aliphatic carbocycles. The maximum atomic E-state index is 14.3. The first-order chi connectivity index (χ1) is 16.0. The molecule has 0 saturated carbocycles. The number of amides is 2. The summed E-state index contributed by atoms with van der Waals surface area (Å²) >= 11 is 1.87. The highest BCUT2D eigenvalue weighted by atomic mass is 127. The zero-order valence-electron chi connectivity index (χ0n) is 18.8. The number of hydrogen-bond acceptors (Lipinski definition) is 2. The summed E-state index contributed by atoms with van der Waals surface area (Å²) in [6.07, 6.45) is -11.8. The Morgan fingerprint density at radius 1 is 0.943 bits per heavy atom. The molecule has 2 aromatic carbocycles. The van der Waals surface area contributed by atoms with Crippen molar-refractivity contribution in [2.75, 3.05) is 11.9 Å². The molecule has 0 bridgehead atoms. The fraction of sp³-hybridized carbons (Fsp3) is 0.391. The van der Waals surface area contributed by atoms with E-state index in [4.69, 9.17) is 0 Å². The number of carbonyl (C=O) groups is 2. The second-order valence-electron chi connectivity index (χ2n) is 8.24. The van der Waals surface area contributed by atoms with Gasteiger partial charge in [-0.3, -0.25) is 9.59 Å². The van der Waals surface area contributed by atoms with E-state index in [-0.39, 0.29) is 22.4 Å². The summed E-state index contributed by atoms with van der Waals surface area (Å²) in [5, 5.41) is 5.09. The molecular formula is C23H22F7IN2O2. The number of nitrogens with one attached hydrogen (secondary N) is 2. The predicted octanol–water partition coefficient (Wildman–Crippen LogP) is 6.92. The van der Waals surface area contributed by atoms with Crippen molar-refractivity contribution in [3.8, 4) is 0 Å². The Morgan fingerprint density at radius 3 is 2.06 bits per heavy atom. The predicted molar refractivity (Wildman–Crippen MR) is 125 cm³/mol. The summed E-state index contributed by atoms with van der Waals surface area (Å²) in [6, 6.07) is 5.93. The van der Waals surface area contributed by atoms with Gasteiger partial charge in [0.05, 0.1) is 11.1 Å². The highest BCUT2D eigenvalue weighted by Gasteiger charge is 2.73. The van der Waals surface area contributed by atoms with Gasteiger partial charge in [0.2, 0.25) is 0 Å². The minimum absolute atomic E-state index is 0.0483. The third kappa shape index (κ3) is 6.25. The zero-order chi connectivity index (χ0) is 26.8. The number of anilines is 1. The van der Waals surface area contributed by atoms with E-state index in [1.807, 2.05) is 36.4 Å². The lowest BCUT2D eigenvalue weighted by Crippen LogP contribution is -2.50. The average molecular weight is 618 g/mol. The van der Waals surface area contributed by atoms with Gasteiger partial charge >= 0.3 is 18.0 Å². The van der Waals surface area contributed by atoms with Crippen molar-refractivity contribution < 1.29 is 40.3 Å². The molecule has 0 aliphatic heterocycles. The van der Waals surface area contributed by atoms with E-state index in [0.29, 0.717) is 34.6 Å². The van der Waals surface area contributed by atoms with Crippen molar-refractivity contribution in [1.29, 1.82) is 0 Å². The Hall–Kier alpha value is -2.38. The molecule has 12 heteroatoms. The van der Waals surface area contributed by atoms with Crippen LogP contribution in [0.3, 0.4) is 0 Å². The molecule has 0 saturated heterocycles. The maximum Gasteiger partial charge on any atom is 0.435 e. The summed E-state index contributed by atoms with van der Waals surface area (Å²) in [4.78, 5) is 25.6. The topological polar surface area (TPSA) is 58.2 Å². The highest BCUT2D eigenvalue weighted by molar-refractivity contribution is 14.1. The van der Waals surface area contributed by atoms with Gasteiger partial charge in [0.1, 0.15) is 0 Å². The molecule has 0 unspecified atom stereocenters. The van der Waals surface area contributed by atoms with Crippen molar-refractivity contribution in [1.82, 2.24) is 5.32 Å². The highest BCUT2D eigenvalue weighted by Crippen LogP contribution is 2.53. The van der Waals surface area contributed by atoms with Gasteiger partial charge in [0.25, 0.3) is 11.8 Å². The molecule has 0 atom stereocenters. The molecule has 0 spiro atoms. The van der Waals surface area contributed by atoms with Crippen molar-refractivity contribution in [3.05, 3.63) is 62.2 Å². The number of rotatable bonds is 7. The molecule has 0 radical (unpaired) electrons. The van der Waals surface area contributed by atoms with Gasteiger partial charge in [-0.2, -0.15) is 26.3 Å². The van der Waals surface area contributed by atoms with Gasteiger partial charge in [-0.1, -0.05) is 32.0 Å². The first-order valence-electron chi connectivity index (χ1n) is 10.3. The van der Waals surface area contributed by atoms with Crippen LogP contribution in [0.25, 0.3) is 0 Å². The lowest BCUT2D eigenvalue weighted by molar-refractivity contribution is -0.348. The van der Waals surface area contributed by atoms with Crippen LogP contribution >= 0.6 is 22.6 Å². The molecule has 35 heavy (non-hydrogen) atoms. The number of aryl methyl sites for hydroxylation is 1. The lowest BCUT2D eigenvalue weighted by Gasteiger charge is -2.30. The monoisotopic (exact) mass is 618 g/mol. The smallest absolute Gasteiger partial charge is 0.352 e. The van der Waals surface area contributed by atoms with E-state index in [1.54, 1.807) is 6.07 Å². The van der Waals surface area contributed by atoms with Crippen LogP contribution < -0.4 is 10.6 Å². The molecule has 192 valence electrons. The number of alkyl halides is 7. The SMILES string of the molecule is Cc1cc(C(F)(C(F)(F)F)C(F)(F)F)ccc1NC(=O)c1cccc(I)c1C(=O)NCCC(C)C. The minimum Gasteiger partial charge on any atom is -0.352 e. The molecule has 2 aromatic rings. The van der Waals surface area contributed by atoms with E-state index < -0.39 is 35.4 Å². The van der Waals surface area contributed by atoms with Gasteiger partial charge in [-0.25, -0.2) is 4.39 Å². The summed E-state index contributed by atoms with van der Waals surface area (Å²) in [5.74, 6) is -0.992. The van der Waals surface area contributed by atoms with Gasteiger partial charge in [0.15, 0.2) is 0 Å². The Kier molecular flexibility index (Phi) is 8.83. The summed E-state index contributed by atoms with van der Waals surface area (Å²) < 4.78 is 93.0. The first-order valence-corrected chi connectivity index (χ1v) is 11.4. The molecule has 2 N–H and O–H groups in total. The fourth-order valence-corrected chi connectivity index (χ4v) is 3.95. The van der Waals surface area contributed by atoms with Crippen LogP contribution in [0.2, 0.25) is 0 Å². The van der Waals surface area contributed by atoms with Gasteiger partial charge < -0.3 is 10.6 Å². The molecule has 2 rings (SSSR count). The molecule has 0 aliphatic rings. The van der Waals surface area contributed by atoms with Crippen molar-refractivity contribution >= 4 is 40.1 Å². The third-order valence-corrected chi connectivity index (χ3v) is 6.05. The third-order valence-electron chi connectivity index (χ3n) is 5.15. The fourth-order valence-electron chi connectivity index (χ4n) is 3.20. The molecule has 4 nitrogen and oxygen atoms in total. The van der Waals surface area contributed by atoms with Gasteiger partial charge in [-0.05, 0) is 65.6 Å². The van der Waals surface area contributed by atoms with E-state index in [9.17, 15) is 40.3 Å². The van der Waals surface area contributed by atoms with E-state index >= 15 is 0 Å². The Labute approximate surface area is 210 Å². The van der Waals surface area contributed by atoms with Crippen LogP contribution in [-0.4, -0.2) is 30.7 Å². The van der Waals surface area contributed by atoms with Crippen LogP contribution in [-0.2, 0) is 5.67 Å². The lowest BCUT2D eigenvalue weighted by atomic mass is 9.92. The Bertz CT molecular complexity index is 1080. The van der Waals surface area contributed by atoms with Crippen LogP contribution in [0, 0.1) is 16.4 Å². The molecule has 0 fully saturated rings. The summed E-state index contributed by atoms with van der Waals surface area (Å²) in [6.45, 7) is 5.44. The van der Waals surface area contributed by atoms with Crippen molar-refractivity contribution in [2.45, 2.75) is 45.2 Å². The van der Waals surface area contributed by atoms with Crippen LogP contribution in [0.1, 0.15) is 52.1 Å². The van der Waals surface area contributed by atoms with Crippen molar-refractivity contribution in [3.63, 3.8) is 0 Å². The van der Waals surface area contributed by atoms with Crippen LogP contribution in [0.4, 0.5) is 36.4 Å². The average Bonchev–Trinajstić information content (AvgIpc) is 2.72. The minimum atomic E-state index is -6.25. The zero-order valence-corrected chi connectivity index (χ0v) is 21.0. The van der Waals surface area contributed by atoms with Gasteiger partial charge in [0, 0.05) is 21.4 Å². The van der Waals surface area contributed by atoms with E-state index in [0.717, 1.165) is 13.0 Å². The number of carbonyl (C=O) groups excluding carboxylic acids is 2.